The Morgan fingerprint density at radius 2 is 0.848 bits per heavy atom. The van der Waals surface area contributed by atoms with Crippen LogP contribution in [0.3, 0.4) is 0 Å². The van der Waals surface area contributed by atoms with Crippen molar-refractivity contribution in [3.05, 3.63) is 36.5 Å². The van der Waals surface area contributed by atoms with E-state index in [1.807, 2.05) is 0 Å². The third-order valence-corrected chi connectivity index (χ3v) is 13.2. The Balaban J connectivity index is 2.38. The van der Waals surface area contributed by atoms with Gasteiger partial charge in [0.05, 0.1) is 6.61 Å². The Hall–Kier alpha value is -1.93. The smallest absolute Gasteiger partial charge is 0.462 e. The lowest BCUT2D eigenvalue weighted by atomic mass is 9.85. The molecule has 0 heterocycles. The van der Waals surface area contributed by atoms with E-state index in [0.29, 0.717) is 19.3 Å². The standard InChI is InChI=1S/C52H95O13P/c1-3-5-7-9-11-13-15-17-19-20-21-22-23-24-25-26-27-29-31-33-35-37-39-41-46(54)64-44(43-63-66(60,61)65-52-50(58)48(56)47(55)49(57)51(52)59)42-62-45(53)40-38-36-34-32-30-28-18-16-14-12-10-8-6-4-2/h10,12,16,18,33,35,44,47-52,55-59H,3-9,11,13-15,17,19-32,34,36-43H2,1-2H3,(H,60,61)/b12-10+,18-16+,35-33+/t44-,47?,48-,49?,50?,51?,52?/m1/s1. The molecule has 8 atom stereocenters. The Labute approximate surface area is 399 Å². The highest BCUT2D eigenvalue weighted by Gasteiger charge is 2.51. The highest BCUT2D eigenvalue weighted by molar-refractivity contribution is 7.47. The predicted octanol–water partition coefficient (Wildman–Crippen LogP) is 11.3. The van der Waals surface area contributed by atoms with E-state index in [4.69, 9.17) is 18.5 Å². The number of unbranched alkanes of at least 4 members (excludes halogenated alkanes) is 26. The Kier molecular flexibility index (Phi) is 39.5. The minimum atomic E-state index is -5.13. The highest BCUT2D eigenvalue weighted by Crippen LogP contribution is 2.47. The summed E-state index contributed by atoms with van der Waals surface area (Å²) >= 11 is 0. The number of esters is 2. The molecular weight excluding hydrogens is 864 g/mol. The van der Waals surface area contributed by atoms with Gasteiger partial charge in [0.25, 0.3) is 0 Å². The zero-order valence-electron chi connectivity index (χ0n) is 41.2. The molecule has 1 saturated carbocycles. The number of aliphatic hydroxyl groups excluding tert-OH is 5. The summed E-state index contributed by atoms with van der Waals surface area (Å²) in [6.07, 6.45) is 36.4. The van der Waals surface area contributed by atoms with E-state index in [-0.39, 0.29) is 12.8 Å². The summed E-state index contributed by atoms with van der Waals surface area (Å²) in [6, 6.07) is 0. The quantitative estimate of drug-likeness (QED) is 0.0145. The number of hydrogen-bond acceptors (Lipinski definition) is 12. The van der Waals surface area contributed by atoms with Crippen LogP contribution in [0.5, 0.6) is 0 Å². The summed E-state index contributed by atoms with van der Waals surface area (Å²) in [7, 11) is -5.13. The van der Waals surface area contributed by atoms with Crippen molar-refractivity contribution in [3.63, 3.8) is 0 Å². The lowest BCUT2D eigenvalue weighted by Gasteiger charge is -2.41. The summed E-state index contributed by atoms with van der Waals surface area (Å²) in [6.45, 7) is 3.25. The molecule has 66 heavy (non-hydrogen) atoms. The van der Waals surface area contributed by atoms with Crippen LogP contribution in [0.25, 0.3) is 0 Å². The molecule has 0 aromatic rings. The van der Waals surface area contributed by atoms with Crippen LogP contribution in [0, 0.1) is 0 Å². The van der Waals surface area contributed by atoms with Crippen LogP contribution >= 0.6 is 7.82 Å². The van der Waals surface area contributed by atoms with E-state index < -0.39 is 75.7 Å². The molecule has 6 N–H and O–H groups in total. The molecule has 14 heteroatoms. The van der Waals surface area contributed by atoms with Crippen LogP contribution < -0.4 is 0 Å². The molecule has 0 radical (unpaired) electrons. The zero-order valence-corrected chi connectivity index (χ0v) is 42.1. The van der Waals surface area contributed by atoms with E-state index >= 15 is 0 Å². The van der Waals surface area contributed by atoms with Gasteiger partial charge in [-0.2, -0.15) is 0 Å². The average Bonchev–Trinajstić information content (AvgIpc) is 3.30. The molecule has 0 bridgehead atoms. The lowest BCUT2D eigenvalue weighted by molar-refractivity contribution is -0.220. The fourth-order valence-electron chi connectivity index (χ4n) is 7.96. The van der Waals surface area contributed by atoms with Crippen LogP contribution in [-0.2, 0) is 32.7 Å². The highest BCUT2D eigenvalue weighted by atomic mass is 31.2. The maximum Gasteiger partial charge on any atom is 0.472 e. The predicted molar refractivity (Wildman–Crippen MR) is 263 cm³/mol. The number of hydrogen-bond donors (Lipinski definition) is 6. The third-order valence-electron chi connectivity index (χ3n) is 12.2. The third kappa shape index (κ3) is 33.5. The fraction of sp³-hybridized carbons (Fsp3) is 0.846. The molecule has 0 saturated heterocycles. The number of ether oxygens (including phenoxy) is 2. The maximum atomic E-state index is 12.8. The van der Waals surface area contributed by atoms with E-state index in [2.05, 4.69) is 50.3 Å². The second-order valence-corrected chi connectivity index (χ2v) is 19.8. The maximum absolute atomic E-state index is 12.8. The van der Waals surface area contributed by atoms with Gasteiger partial charge >= 0.3 is 19.8 Å². The number of allylic oxidation sites excluding steroid dienone is 6. The lowest BCUT2D eigenvalue weighted by Crippen LogP contribution is -2.64. The van der Waals surface area contributed by atoms with Crippen molar-refractivity contribution in [1.29, 1.82) is 0 Å². The van der Waals surface area contributed by atoms with Gasteiger partial charge in [-0.15, -0.1) is 0 Å². The molecule has 0 aromatic heterocycles. The van der Waals surface area contributed by atoms with Crippen LogP contribution in [0.15, 0.2) is 36.5 Å². The number of aliphatic hydroxyl groups is 5. The number of rotatable bonds is 44. The van der Waals surface area contributed by atoms with Crippen molar-refractivity contribution in [3.8, 4) is 0 Å². The zero-order chi connectivity index (χ0) is 48.5. The molecule has 1 aliphatic carbocycles. The van der Waals surface area contributed by atoms with Gasteiger partial charge in [-0.05, 0) is 57.8 Å². The summed E-state index contributed by atoms with van der Waals surface area (Å²) in [5.41, 5.74) is 0. The Morgan fingerprint density at radius 1 is 0.470 bits per heavy atom. The first kappa shape index (κ1) is 62.1. The van der Waals surface area contributed by atoms with Crippen LogP contribution in [0.2, 0.25) is 0 Å². The number of phosphoric ester groups is 1. The Morgan fingerprint density at radius 3 is 1.33 bits per heavy atom. The van der Waals surface area contributed by atoms with Crippen molar-refractivity contribution in [1.82, 2.24) is 0 Å². The molecule has 13 nitrogen and oxygen atoms in total. The van der Waals surface area contributed by atoms with Crippen LogP contribution in [0.4, 0.5) is 0 Å². The van der Waals surface area contributed by atoms with Crippen molar-refractivity contribution >= 4 is 19.8 Å². The monoisotopic (exact) mass is 959 g/mol. The molecule has 6 unspecified atom stereocenters. The summed E-state index contributed by atoms with van der Waals surface area (Å²) in [5.74, 6) is -1.15. The molecule has 0 spiro atoms. The first-order valence-corrected chi connectivity index (χ1v) is 27.8. The van der Waals surface area contributed by atoms with Gasteiger partial charge in [-0.3, -0.25) is 18.6 Å². The molecule has 1 rings (SSSR count). The van der Waals surface area contributed by atoms with Crippen LogP contribution in [-0.4, -0.2) is 98.3 Å². The molecule has 0 aromatic carbocycles. The average molecular weight is 959 g/mol. The fourth-order valence-corrected chi connectivity index (χ4v) is 8.93. The first-order valence-electron chi connectivity index (χ1n) is 26.3. The molecule has 0 amide bonds. The molecule has 1 aliphatic rings. The molecule has 386 valence electrons. The van der Waals surface area contributed by atoms with Gasteiger partial charge in [-0.25, -0.2) is 4.57 Å². The minimum Gasteiger partial charge on any atom is -0.462 e. The van der Waals surface area contributed by atoms with Crippen molar-refractivity contribution in [2.24, 2.45) is 0 Å². The van der Waals surface area contributed by atoms with E-state index in [0.717, 1.165) is 57.8 Å². The second kappa shape index (κ2) is 42.0. The van der Waals surface area contributed by atoms with Crippen LogP contribution in [0.1, 0.15) is 226 Å². The van der Waals surface area contributed by atoms with Gasteiger partial charge in [0.15, 0.2) is 6.10 Å². The number of phosphoric acid groups is 1. The van der Waals surface area contributed by atoms with E-state index in [1.54, 1.807) is 0 Å². The van der Waals surface area contributed by atoms with Gasteiger partial charge in [0.1, 0.15) is 43.2 Å². The largest absolute Gasteiger partial charge is 0.472 e. The second-order valence-electron chi connectivity index (χ2n) is 18.4. The van der Waals surface area contributed by atoms with Crippen molar-refractivity contribution in [2.45, 2.75) is 268 Å². The summed E-state index contributed by atoms with van der Waals surface area (Å²) < 4.78 is 33.6. The van der Waals surface area contributed by atoms with Gasteiger partial charge < -0.3 is 39.9 Å². The van der Waals surface area contributed by atoms with Crippen molar-refractivity contribution in [2.75, 3.05) is 13.2 Å². The first-order chi connectivity index (χ1) is 31.9. The van der Waals surface area contributed by atoms with Crippen molar-refractivity contribution < 1.29 is 63.1 Å². The van der Waals surface area contributed by atoms with Gasteiger partial charge in [0.2, 0.25) is 0 Å². The molecule has 0 aliphatic heterocycles. The summed E-state index contributed by atoms with van der Waals surface area (Å²) in [4.78, 5) is 35.8. The molecule has 1 fully saturated rings. The van der Waals surface area contributed by atoms with Gasteiger partial charge in [-0.1, -0.05) is 192 Å². The topological polar surface area (TPSA) is 210 Å². The van der Waals surface area contributed by atoms with E-state index in [1.165, 1.54) is 122 Å². The summed E-state index contributed by atoms with van der Waals surface area (Å²) in [5, 5.41) is 50.2. The normalized spacial score (nSPS) is 21.5. The number of carbonyl (C=O) groups is 2. The van der Waals surface area contributed by atoms with E-state index in [9.17, 15) is 44.6 Å². The molecular formula is C52H95O13P. The minimum absolute atomic E-state index is 0.0473. The van der Waals surface area contributed by atoms with Gasteiger partial charge in [0, 0.05) is 12.8 Å². The number of carbonyl (C=O) groups excluding carboxylic acids is 2. The Bertz CT molecular complexity index is 1290. The SMILES string of the molecule is CCCC/C=C/C/C=C/CCCCCCCC(=O)OC[C@H](COP(=O)(O)OC1C(O)C(O)C(O)[C@@H](O)C1O)OC(=O)CCC/C=C/CCCCCCCCCCCCCCCCCCCC.